The molecule has 0 spiro atoms. The number of nitrogens with zero attached hydrogens (tertiary/aromatic N) is 1. The molecule has 0 saturated carbocycles. The third-order valence-corrected chi connectivity index (χ3v) is 6.93. The average molecular weight is 626 g/mol. The molecule has 2 atom stereocenters. The third-order valence-electron chi connectivity index (χ3n) is 6.93. The SMILES string of the molecule is CCC/C=C\C/C=C\CCCCCCCC(=O)OC(COC(=O)CCCCCCCC)COC(OCC[N+](C)(C)C)C(=O)[O-]. The van der Waals surface area contributed by atoms with Crippen molar-refractivity contribution in [3.8, 4) is 0 Å². The van der Waals surface area contributed by atoms with Crippen LogP contribution in [0.5, 0.6) is 0 Å². The van der Waals surface area contributed by atoms with E-state index in [1.165, 1.54) is 19.3 Å². The van der Waals surface area contributed by atoms with Gasteiger partial charge >= 0.3 is 11.9 Å². The normalized spacial score (nSPS) is 13.4. The fourth-order valence-corrected chi connectivity index (χ4v) is 4.22. The van der Waals surface area contributed by atoms with Gasteiger partial charge in [0.25, 0.3) is 0 Å². The molecule has 0 N–H and O–H groups in total. The van der Waals surface area contributed by atoms with Gasteiger partial charge in [0, 0.05) is 12.8 Å². The van der Waals surface area contributed by atoms with Crippen molar-refractivity contribution in [1.82, 2.24) is 0 Å². The average Bonchev–Trinajstić information content (AvgIpc) is 2.96. The molecule has 0 aromatic carbocycles. The highest BCUT2D eigenvalue weighted by Gasteiger charge is 2.21. The maximum Gasteiger partial charge on any atom is 0.306 e. The van der Waals surface area contributed by atoms with E-state index in [1.807, 2.05) is 21.1 Å². The summed E-state index contributed by atoms with van der Waals surface area (Å²) in [6, 6.07) is 0. The van der Waals surface area contributed by atoms with Gasteiger partial charge in [0.2, 0.25) is 0 Å². The van der Waals surface area contributed by atoms with Gasteiger partial charge in [-0.05, 0) is 38.5 Å². The Balaban J connectivity index is 4.59. The van der Waals surface area contributed by atoms with Crippen LogP contribution in [0.25, 0.3) is 0 Å². The summed E-state index contributed by atoms with van der Waals surface area (Å²) in [4.78, 5) is 36.4. The molecule has 0 rings (SSSR count). The van der Waals surface area contributed by atoms with Crippen molar-refractivity contribution in [2.24, 2.45) is 0 Å². The Labute approximate surface area is 267 Å². The Morgan fingerprint density at radius 1 is 0.682 bits per heavy atom. The quantitative estimate of drug-likeness (QED) is 0.0312. The van der Waals surface area contributed by atoms with E-state index in [9.17, 15) is 19.5 Å². The molecule has 9 heteroatoms. The Bertz CT molecular complexity index is 790. The molecular formula is C35H63NO8. The van der Waals surface area contributed by atoms with Crippen molar-refractivity contribution < 1.29 is 42.9 Å². The van der Waals surface area contributed by atoms with Crippen LogP contribution in [0.1, 0.15) is 123 Å². The lowest BCUT2D eigenvalue weighted by molar-refractivity contribution is -0.870. The number of aliphatic carboxylic acids is 1. The molecule has 0 saturated heterocycles. The minimum Gasteiger partial charge on any atom is -0.545 e. The van der Waals surface area contributed by atoms with Gasteiger partial charge in [-0.25, -0.2) is 0 Å². The van der Waals surface area contributed by atoms with E-state index >= 15 is 0 Å². The summed E-state index contributed by atoms with van der Waals surface area (Å²) in [5.74, 6) is -2.32. The highest BCUT2D eigenvalue weighted by molar-refractivity contribution is 5.70. The standard InChI is InChI=1S/C35H63NO8/c1-6-8-10-12-14-15-16-17-18-19-20-22-24-26-33(38)44-31(29-42-32(37)25-23-21-13-11-9-7-2)30-43-35(34(39)40)41-28-27-36(3,4)5/h10,12,15-16,31,35H,6-9,11,13-14,17-30H2,1-5H3/b12-10-,16-15-. The number of carbonyl (C=O) groups excluding carboxylic acids is 3. The number of hydrogen-bond donors (Lipinski definition) is 0. The maximum atomic E-state index is 12.6. The van der Waals surface area contributed by atoms with Crippen LogP contribution in [0, 0.1) is 0 Å². The summed E-state index contributed by atoms with van der Waals surface area (Å²) < 4.78 is 22.2. The van der Waals surface area contributed by atoms with Crippen molar-refractivity contribution in [2.45, 2.75) is 135 Å². The summed E-state index contributed by atoms with van der Waals surface area (Å²) >= 11 is 0. The van der Waals surface area contributed by atoms with Gasteiger partial charge in [0.1, 0.15) is 13.2 Å². The fourth-order valence-electron chi connectivity index (χ4n) is 4.22. The number of allylic oxidation sites excluding steroid dienone is 4. The minimum absolute atomic E-state index is 0.145. The van der Waals surface area contributed by atoms with Gasteiger partial charge in [-0.3, -0.25) is 9.59 Å². The van der Waals surface area contributed by atoms with Gasteiger partial charge in [-0.15, -0.1) is 0 Å². The molecule has 0 aliphatic rings. The monoisotopic (exact) mass is 625 g/mol. The van der Waals surface area contributed by atoms with Gasteiger partial charge in [0.05, 0.1) is 40.3 Å². The van der Waals surface area contributed by atoms with E-state index in [-0.39, 0.29) is 38.6 Å². The number of ether oxygens (including phenoxy) is 4. The lowest BCUT2D eigenvalue weighted by Gasteiger charge is -2.26. The predicted molar refractivity (Wildman–Crippen MR) is 173 cm³/mol. The van der Waals surface area contributed by atoms with Crippen molar-refractivity contribution >= 4 is 17.9 Å². The molecule has 0 aliphatic carbocycles. The van der Waals surface area contributed by atoms with E-state index < -0.39 is 24.3 Å². The summed E-state index contributed by atoms with van der Waals surface area (Å²) in [5.41, 5.74) is 0. The van der Waals surface area contributed by atoms with E-state index in [4.69, 9.17) is 18.9 Å². The molecule has 0 aliphatic heterocycles. The number of carboxylic acid groups (broad SMARTS) is 1. The van der Waals surface area contributed by atoms with Crippen molar-refractivity contribution in [3.05, 3.63) is 24.3 Å². The molecule has 0 aromatic rings. The van der Waals surface area contributed by atoms with Crippen LogP contribution in [0.15, 0.2) is 24.3 Å². The Hall–Kier alpha value is -2.23. The zero-order valence-corrected chi connectivity index (χ0v) is 28.5. The molecule has 0 bridgehead atoms. The van der Waals surface area contributed by atoms with Gasteiger partial charge in [0.15, 0.2) is 12.4 Å². The second-order valence-corrected chi connectivity index (χ2v) is 12.5. The largest absolute Gasteiger partial charge is 0.545 e. The van der Waals surface area contributed by atoms with E-state index in [2.05, 4.69) is 38.2 Å². The third kappa shape index (κ3) is 28.5. The number of quaternary nitrogens is 1. The zero-order valence-electron chi connectivity index (χ0n) is 28.5. The lowest BCUT2D eigenvalue weighted by Crippen LogP contribution is -2.44. The first-order valence-corrected chi connectivity index (χ1v) is 17.0. The summed E-state index contributed by atoms with van der Waals surface area (Å²) in [6.45, 7) is 4.55. The van der Waals surface area contributed by atoms with Crippen LogP contribution in [0.2, 0.25) is 0 Å². The van der Waals surface area contributed by atoms with Crippen LogP contribution in [0.4, 0.5) is 0 Å². The highest BCUT2D eigenvalue weighted by Crippen LogP contribution is 2.11. The molecule has 0 fully saturated rings. The Morgan fingerprint density at radius 2 is 1.27 bits per heavy atom. The topological polar surface area (TPSA) is 111 Å². The van der Waals surface area contributed by atoms with E-state index in [0.29, 0.717) is 17.4 Å². The van der Waals surface area contributed by atoms with Crippen LogP contribution in [-0.2, 0) is 33.3 Å². The van der Waals surface area contributed by atoms with Crippen molar-refractivity contribution in [1.29, 1.82) is 0 Å². The first-order valence-electron chi connectivity index (χ1n) is 17.0. The van der Waals surface area contributed by atoms with E-state index in [0.717, 1.165) is 70.6 Å². The molecule has 0 heterocycles. The minimum atomic E-state index is -1.62. The fraction of sp³-hybridized carbons (Fsp3) is 0.800. The molecule has 0 radical (unpaired) electrons. The number of carboxylic acids is 1. The predicted octanol–water partition coefficient (Wildman–Crippen LogP) is 6.04. The molecule has 0 aromatic heterocycles. The first kappa shape index (κ1) is 41.8. The van der Waals surface area contributed by atoms with Crippen LogP contribution >= 0.6 is 0 Å². The molecular weight excluding hydrogens is 562 g/mol. The highest BCUT2D eigenvalue weighted by atomic mass is 16.7. The lowest BCUT2D eigenvalue weighted by atomic mass is 10.1. The van der Waals surface area contributed by atoms with Gasteiger partial charge < -0.3 is 33.3 Å². The van der Waals surface area contributed by atoms with Crippen molar-refractivity contribution in [2.75, 3.05) is 47.5 Å². The molecule has 2 unspecified atom stereocenters. The Morgan fingerprint density at radius 3 is 1.89 bits per heavy atom. The smallest absolute Gasteiger partial charge is 0.306 e. The van der Waals surface area contributed by atoms with Crippen LogP contribution in [-0.4, -0.2) is 82.3 Å². The van der Waals surface area contributed by atoms with Crippen LogP contribution < -0.4 is 5.11 Å². The zero-order chi connectivity index (χ0) is 32.9. The number of esters is 2. The number of unbranched alkanes of at least 4 members (excludes halogenated alkanes) is 11. The maximum absolute atomic E-state index is 12.6. The van der Waals surface area contributed by atoms with Gasteiger partial charge in [-0.2, -0.15) is 0 Å². The molecule has 0 amide bonds. The van der Waals surface area contributed by atoms with E-state index in [1.54, 1.807) is 0 Å². The number of carbonyl (C=O) groups is 3. The second kappa shape index (κ2) is 28.3. The van der Waals surface area contributed by atoms with Gasteiger partial charge in [-0.1, -0.05) is 95.9 Å². The first-order chi connectivity index (χ1) is 21.1. The number of likely N-dealkylation sites (N-methyl/N-ethyl adjacent to an activating group) is 1. The second-order valence-electron chi connectivity index (χ2n) is 12.5. The number of rotatable bonds is 30. The number of hydrogen-bond acceptors (Lipinski definition) is 8. The van der Waals surface area contributed by atoms with Crippen LogP contribution in [0.3, 0.4) is 0 Å². The summed E-state index contributed by atoms with van der Waals surface area (Å²) in [7, 11) is 5.87. The Kier molecular flexibility index (Phi) is 26.8. The molecule has 9 nitrogen and oxygen atoms in total. The molecule has 256 valence electrons. The molecule has 44 heavy (non-hydrogen) atoms. The summed E-state index contributed by atoms with van der Waals surface area (Å²) in [6.07, 6.45) is 22.4. The summed E-state index contributed by atoms with van der Waals surface area (Å²) in [5, 5.41) is 11.6. The van der Waals surface area contributed by atoms with Crippen molar-refractivity contribution in [3.63, 3.8) is 0 Å².